The predicted molar refractivity (Wildman–Crippen MR) is 52.1 cm³/mol. The third-order valence-corrected chi connectivity index (χ3v) is 2.51. The van der Waals surface area contributed by atoms with Gasteiger partial charge < -0.3 is 4.74 Å². The van der Waals surface area contributed by atoms with Gasteiger partial charge in [0.1, 0.15) is 0 Å². The van der Waals surface area contributed by atoms with Gasteiger partial charge in [0.05, 0.1) is 18.2 Å². The highest BCUT2D eigenvalue weighted by atomic mass is 19.3. The summed E-state index contributed by atoms with van der Waals surface area (Å²) in [6, 6.07) is 5.01. The molecule has 0 amide bonds. The molecule has 0 unspecified atom stereocenters. The van der Waals surface area contributed by atoms with Crippen LogP contribution in [-0.2, 0) is 0 Å². The van der Waals surface area contributed by atoms with Gasteiger partial charge in [-0.1, -0.05) is 0 Å². The average molecular weight is 224 g/mol. The van der Waals surface area contributed by atoms with Crippen molar-refractivity contribution in [1.29, 1.82) is 5.26 Å². The van der Waals surface area contributed by atoms with Crippen molar-refractivity contribution >= 4 is 0 Å². The Morgan fingerprint density at radius 2 is 2.31 bits per heavy atom. The summed E-state index contributed by atoms with van der Waals surface area (Å²) in [5.74, 6) is -2.31. The molecule has 0 bridgehead atoms. The number of hydrogen-bond acceptors (Lipinski definition) is 3. The second-order valence-electron chi connectivity index (χ2n) is 3.94. The Morgan fingerprint density at radius 1 is 1.56 bits per heavy atom. The number of nitriles is 1. The topological polar surface area (TPSA) is 45.9 Å². The van der Waals surface area contributed by atoms with Crippen molar-refractivity contribution in [3.05, 3.63) is 23.9 Å². The third kappa shape index (κ3) is 2.45. The fraction of sp³-hybridized carbons (Fsp3) is 0.455. The fourth-order valence-corrected chi connectivity index (χ4v) is 1.66. The maximum absolute atomic E-state index is 12.5. The lowest BCUT2D eigenvalue weighted by atomic mass is 9.82. The number of nitrogens with zero attached hydrogens (tertiary/aromatic N) is 2. The summed E-state index contributed by atoms with van der Waals surface area (Å²) in [7, 11) is 0. The first kappa shape index (κ1) is 10.8. The number of halogens is 2. The molecule has 1 aliphatic rings. The van der Waals surface area contributed by atoms with Gasteiger partial charge in [0, 0.05) is 31.0 Å². The zero-order valence-electron chi connectivity index (χ0n) is 8.49. The van der Waals surface area contributed by atoms with Crippen LogP contribution in [0.3, 0.4) is 0 Å². The van der Waals surface area contributed by atoms with Crippen molar-refractivity contribution in [3.63, 3.8) is 0 Å². The summed E-state index contributed by atoms with van der Waals surface area (Å²) >= 11 is 0. The third-order valence-electron chi connectivity index (χ3n) is 2.51. The summed E-state index contributed by atoms with van der Waals surface area (Å²) < 4.78 is 30.3. The van der Waals surface area contributed by atoms with Crippen molar-refractivity contribution in [2.24, 2.45) is 5.92 Å². The van der Waals surface area contributed by atoms with Gasteiger partial charge in [-0.3, -0.25) is 0 Å². The van der Waals surface area contributed by atoms with Crippen molar-refractivity contribution in [1.82, 2.24) is 4.98 Å². The number of aromatic nitrogens is 1. The maximum atomic E-state index is 12.5. The monoisotopic (exact) mass is 224 g/mol. The average Bonchev–Trinajstić information content (AvgIpc) is 2.23. The van der Waals surface area contributed by atoms with Crippen LogP contribution < -0.4 is 4.74 Å². The van der Waals surface area contributed by atoms with Crippen molar-refractivity contribution < 1.29 is 13.5 Å². The molecule has 1 aromatic rings. The van der Waals surface area contributed by atoms with E-state index in [2.05, 4.69) is 4.98 Å². The van der Waals surface area contributed by atoms with Crippen LogP contribution in [0, 0.1) is 17.2 Å². The van der Waals surface area contributed by atoms with E-state index >= 15 is 0 Å². The molecule has 0 aromatic carbocycles. The summed E-state index contributed by atoms with van der Waals surface area (Å²) in [5.41, 5.74) is 0.448. The molecule has 1 aliphatic carbocycles. The minimum Gasteiger partial charge on any atom is -0.477 e. The summed E-state index contributed by atoms with van der Waals surface area (Å²) in [4.78, 5) is 3.89. The lowest BCUT2D eigenvalue weighted by Gasteiger charge is -2.34. The van der Waals surface area contributed by atoms with E-state index in [-0.39, 0.29) is 25.4 Å². The van der Waals surface area contributed by atoms with Crippen LogP contribution in [0.4, 0.5) is 8.78 Å². The van der Waals surface area contributed by atoms with Gasteiger partial charge in [-0.2, -0.15) is 5.26 Å². The van der Waals surface area contributed by atoms with Crippen molar-refractivity contribution in [2.75, 3.05) is 6.61 Å². The molecule has 1 saturated carbocycles. The fourth-order valence-electron chi connectivity index (χ4n) is 1.66. The normalized spacial score (nSPS) is 18.6. The summed E-state index contributed by atoms with van der Waals surface area (Å²) in [6.07, 6.45) is 1.22. The number of rotatable bonds is 3. The Balaban J connectivity index is 1.84. The first-order chi connectivity index (χ1) is 7.59. The zero-order chi connectivity index (χ0) is 11.6. The van der Waals surface area contributed by atoms with Gasteiger partial charge >= 0.3 is 0 Å². The van der Waals surface area contributed by atoms with Crippen LogP contribution >= 0.6 is 0 Å². The van der Waals surface area contributed by atoms with Crippen LogP contribution in [-0.4, -0.2) is 17.5 Å². The highest BCUT2D eigenvalue weighted by molar-refractivity contribution is 5.31. The molecule has 16 heavy (non-hydrogen) atoms. The molecule has 1 heterocycles. The largest absolute Gasteiger partial charge is 0.477 e. The SMILES string of the molecule is N#Cc1ccnc(OCC2CC(F)(F)C2)c1. The molecular formula is C11H10F2N2O. The molecule has 2 rings (SSSR count). The molecule has 84 valence electrons. The zero-order valence-corrected chi connectivity index (χ0v) is 8.49. The Kier molecular flexibility index (Phi) is 2.73. The molecule has 0 radical (unpaired) electrons. The molecule has 1 fully saturated rings. The molecule has 5 heteroatoms. The number of alkyl halides is 2. The van der Waals surface area contributed by atoms with Crippen molar-refractivity contribution in [3.8, 4) is 11.9 Å². The first-order valence-corrected chi connectivity index (χ1v) is 4.96. The quantitative estimate of drug-likeness (QED) is 0.791. The molecular weight excluding hydrogens is 214 g/mol. The second-order valence-corrected chi connectivity index (χ2v) is 3.94. The van der Waals surface area contributed by atoms with Gasteiger partial charge in [0.15, 0.2) is 0 Å². The summed E-state index contributed by atoms with van der Waals surface area (Å²) in [6.45, 7) is 0.234. The van der Waals surface area contributed by atoms with Crippen LogP contribution in [0.25, 0.3) is 0 Å². The maximum Gasteiger partial charge on any atom is 0.248 e. The van der Waals surface area contributed by atoms with Crippen LogP contribution in [0.2, 0.25) is 0 Å². The van der Waals surface area contributed by atoms with E-state index in [9.17, 15) is 8.78 Å². The van der Waals surface area contributed by atoms with Crippen LogP contribution in [0.1, 0.15) is 18.4 Å². The molecule has 0 atom stereocenters. The molecule has 3 nitrogen and oxygen atoms in total. The number of pyridine rings is 1. The van der Waals surface area contributed by atoms with E-state index in [0.717, 1.165) is 0 Å². The van der Waals surface area contributed by atoms with E-state index in [1.165, 1.54) is 12.3 Å². The minimum atomic E-state index is -2.52. The molecule has 1 aromatic heterocycles. The second kappa shape index (κ2) is 4.05. The summed E-state index contributed by atoms with van der Waals surface area (Å²) in [5, 5.41) is 8.63. The highest BCUT2D eigenvalue weighted by Crippen LogP contribution is 2.42. The molecule has 0 saturated heterocycles. The van der Waals surface area contributed by atoms with Gasteiger partial charge in [-0.25, -0.2) is 13.8 Å². The lowest BCUT2D eigenvalue weighted by molar-refractivity contribution is -0.119. The van der Waals surface area contributed by atoms with Gasteiger partial charge in [-0.05, 0) is 6.07 Å². The minimum absolute atomic E-state index is 0.109. The predicted octanol–water partition coefficient (Wildman–Crippen LogP) is 2.38. The van der Waals surface area contributed by atoms with Crippen molar-refractivity contribution in [2.45, 2.75) is 18.8 Å². The Bertz CT molecular complexity index is 420. The highest BCUT2D eigenvalue weighted by Gasteiger charge is 2.45. The van der Waals surface area contributed by atoms with Crippen LogP contribution in [0.5, 0.6) is 5.88 Å². The van der Waals surface area contributed by atoms with Gasteiger partial charge in [0.2, 0.25) is 11.8 Å². The van der Waals surface area contributed by atoms with E-state index in [4.69, 9.17) is 10.00 Å². The van der Waals surface area contributed by atoms with Gasteiger partial charge in [-0.15, -0.1) is 0 Å². The smallest absolute Gasteiger partial charge is 0.248 e. The van der Waals surface area contributed by atoms with E-state index in [0.29, 0.717) is 11.4 Å². The number of hydrogen-bond donors (Lipinski definition) is 0. The van der Waals surface area contributed by atoms with Crippen LogP contribution in [0.15, 0.2) is 18.3 Å². The Morgan fingerprint density at radius 3 is 2.94 bits per heavy atom. The Hall–Kier alpha value is -1.70. The molecule has 0 N–H and O–H groups in total. The van der Waals surface area contributed by atoms with E-state index in [1.807, 2.05) is 6.07 Å². The lowest BCUT2D eigenvalue weighted by Crippen LogP contribution is -2.38. The molecule has 0 aliphatic heterocycles. The first-order valence-electron chi connectivity index (χ1n) is 4.96. The van der Waals surface area contributed by atoms with E-state index < -0.39 is 5.92 Å². The van der Waals surface area contributed by atoms with Gasteiger partial charge in [0.25, 0.3) is 0 Å². The Labute approximate surface area is 91.7 Å². The number of ether oxygens (including phenoxy) is 1. The molecule has 0 spiro atoms. The standard InChI is InChI=1S/C11H10F2N2O/c12-11(13)4-9(5-11)7-16-10-3-8(6-14)1-2-15-10/h1-3,9H,4-5,7H2. The van der Waals surface area contributed by atoms with E-state index in [1.54, 1.807) is 6.07 Å².